The molecule has 0 heterocycles. The highest BCUT2D eigenvalue weighted by atomic mass is 19.1. The van der Waals surface area contributed by atoms with Crippen LogP contribution in [-0.4, -0.2) is 13.1 Å². The maximum atomic E-state index is 13.6. The van der Waals surface area contributed by atoms with Crippen molar-refractivity contribution in [3.63, 3.8) is 0 Å². The average Bonchev–Trinajstić information content (AvgIpc) is 2.48. The zero-order valence-corrected chi connectivity index (χ0v) is 11.6. The lowest BCUT2D eigenvalue weighted by molar-refractivity contribution is -0.139. The van der Waals surface area contributed by atoms with E-state index in [1.54, 1.807) is 12.1 Å². The summed E-state index contributed by atoms with van der Waals surface area (Å²) in [5, 5.41) is 0. The Kier molecular flexibility index (Phi) is 4.77. The molecular weight excluding hydrogens is 273 g/mol. The summed E-state index contributed by atoms with van der Waals surface area (Å²) in [6, 6.07) is 11.6. The summed E-state index contributed by atoms with van der Waals surface area (Å²) in [7, 11) is 1.33. The number of benzene rings is 2. The third kappa shape index (κ3) is 3.72. The molecule has 0 bridgehead atoms. The monoisotopic (exact) mass is 289 g/mol. The highest BCUT2D eigenvalue weighted by Gasteiger charge is 2.11. The molecule has 0 aliphatic carbocycles. The number of nitrogen functional groups attached to an aromatic ring is 1. The number of esters is 1. The van der Waals surface area contributed by atoms with E-state index in [0.717, 1.165) is 11.1 Å². The van der Waals surface area contributed by atoms with Gasteiger partial charge in [0.1, 0.15) is 6.61 Å². The van der Waals surface area contributed by atoms with E-state index in [1.807, 2.05) is 18.2 Å². The third-order valence-corrected chi connectivity index (χ3v) is 3.05. The quantitative estimate of drug-likeness (QED) is 0.679. The van der Waals surface area contributed by atoms with E-state index in [1.165, 1.54) is 19.2 Å². The van der Waals surface area contributed by atoms with Gasteiger partial charge in [-0.15, -0.1) is 0 Å². The molecule has 21 heavy (non-hydrogen) atoms. The number of hydrogen-bond acceptors (Lipinski definition) is 4. The lowest BCUT2D eigenvalue weighted by Gasteiger charge is -2.12. The number of carbonyl (C=O) groups is 1. The van der Waals surface area contributed by atoms with Crippen molar-refractivity contribution in [2.24, 2.45) is 0 Å². The smallest absolute Gasteiger partial charge is 0.309 e. The summed E-state index contributed by atoms with van der Waals surface area (Å²) in [5.74, 6) is -0.835. The first kappa shape index (κ1) is 14.8. The fraction of sp³-hybridized carbons (Fsp3) is 0.188. The molecular formula is C16H16FNO3. The minimum atomic E-state index is -0.513. The molecule has 0 atom stereocenters. The van der Waals surface area contributed by atoms with Crippen LogP contribution < -0.4 is 10.5 Å². The van der Waals surface area contributed by atoms with Gasteiger partial charge in [0, 0.05) is 0 Å². The van der Waals surface area contributed by atoms with Crippen molar-refractivity contribution in [2.75, 3.05) is 12.8 Å². The largest absolute Gasteiger partial charge is 0.484 e. The van der Waals surface area contributed by atoms with Crippen molar-refractivity contribution in [3.8, 4) is 5.75 Å². The molecule has 2 aromatic carbocycles. The van der Waals surface area contributed by atoms with Gasteiger partial charge in [0.25, 0.3) is 0 Å². The highest BCUT2D eigenvalue weighted by Crippen LogP contribution is 2.26. The Morgan fingerprint density at radius 2 is 1.86 bits per heavy atom. The number of halogens is 1. The van der Waals surface area contributed by atoms with Crippen LogP contribution in [0.2, 0.25) is 0 Å². The van der Waals surface area contributed by atoms with E-state index >= 15 is 0 Å². The summed E-state index contributed by atoms with van der Waals surface area (Å²) in [5.41, 5.74) is 7.48. The lowest BCUT2D eigenvalue weighted by Crippen LogP contribution is -2.09. The molecule has 0 aliphatic rings. The molecule has 0 unspecified atom stereocenters. The maximum absolute atomic E-state index is 13.6. The Hall–Kier alpha value is -2.56. The van der Waals surface area contributed by atoms with Crippen LogP contribution in [0.15, 0.2) is 42.5 Å². The van der Waals surface area contributed by atoms with Crippen molar-refractivity contribution in [1.29, 1.82) is 0 Å². The third-order valence-electron chi connectivity index (χ3n) is 3.05. The van der Waals surface area contributed by atoms with Crippen molar-refractivity contribution >= 4 is 11.7 Å². The number of para-hydroxylation sites is 1. The van der Waals surface area contributed by atoms with E-state index in [0.29, 0.717) is 0 Å². The van der Waals surface area contributed by atoms with Crippen molar-refractivity contribution < 1.29 is 18.7 Å². The Morgan fingerprint density at radius 3 is 2.52 bits per heavy atom. The SMILES string of the molecule is COC(=O)Cc1ccccc1COc1c(N)cccc1F. The summed E-state index contributed by atoms with van der Waals surface area (Å²) in [6.07, 6.45) is 0.142. The molecule has 0 amide bonds. The van der Waals surface area contributed by atoms with Gasteiger partial charge in [-0.05, 0) is 23.3 Å². The molecule has 0 spiro atoms. The van der Waals surface area contributed by atoms with E-state index in [9.17, 15) is 9.18 Å². The van der Waals surface area contributed by atoms with Crippen LogP contribution in [-0.2, 0) is 22.6 Å². The minimum absolute atomic E-state index is 0.0189. The van der Waals surface area contributed by atoms with Crippen molar-refractivity contribution in [3.05, 3.63) is 59.4 Å². The number of ether oxygens (including phenoxy) is 2. The summed E-state index contributed by atoms with van der Waals surface area (Å²) < 4.78 is 23.7. The molecule has 2 aromatic rings. The first-order valence-electron chi connectivity index (χ1n) is 6.42. The van der Waals surface area contributed by atoms with Gasteiger partial charge < -0.3 is 15.2 Å². The van der Waals surface area contributed by atoms with Gasteiger partial charge in [0.15, 0.2) is 11.6 Å². The molecule has 0 aromatic heterocycles. The number of rotatable bonds is 5. The topological polar surface area (TPSA) is 61.5 Å². The van der Waals surface area contributed by atoms with Gasteiger partial charge in [-0.1, -0.05) is 30.3 Å². The number of methoxy groups -OCH3 is 1. The van der Waals surface area contributed by atoms with Crippen molar-refractivity contribution in [1.82, 2.24) is 0 Å². The van der Waals surface area contributed by atoms with Crippen LogP contribution in [0.1, 0.15) is 11.1 Å². The lowest BCUT2D eigenvalue weighted by atomic mass is 10.1. The molecule has 0 saturated carbocycles. The van der Waals surface area contributed by atoms with Gasteiger partial charge in [0.05, 0.1) is 19.2 Å². The summed E-state index contributed by atoms with van der Waals surface area (Å²) >= 11 is 0. The number of nitrogens with two attached hydrogens (primary N) is 1. The van der Waals surface area contributed by atoms with E-state index in [-0.39, 0.29) is 30.4 Å². The van der Waals surface area contributed by atoms with Crippen LogP contribution in [0.5, 0.6) is 5.75 Å². The second-order valence-electron chi connectivity index (χ2n) is 4.47. The van der Waals surface area contributed by atoms with Crippen LogP contribution in [0.3, 0.4) is 0 Å². The predicted octanol–water partition coefficient (Wildman–Crippen LogP) is 2.70. The average molecular weight is 289 g/mol. The number of carbonyl (C=O) groups excluding carboxylic acids is 1. The molecule has 110 valence electrons. The van der Waals surface area contributed by atoms with Crippen LogP contribution in [0.4, 0.5) is 10.1 Å². The van der Waals surface area contributed by atoms with E-state index < -0.39 is 5.82 Å². The van der Waals surface area contributed by atoms with Gasteiger partial charge in [0.2, 0.25) is 0 Å². The van der Waals surface area contributed by atoms with Gasteiger partial charge >= 0.3 is 5.97 Å². The molecule has 2 rings (SSSR count). The van der Waals surface area contributed by atoms with Crippen LogP contribution >= 0.6 is 0 Å². The number of hydrogen-bond donors (Lipinski definition) is 1. The van der Waals surface area contributed by atoms with Crippen molar-refractivity contribution in [2.45, 2.75) is 13.0 Å². The van der Waals surface area contributed by atoms with Crippen LogP contribution in [0.25, 0.3) is 0 Å². The highest BCUT2D eigenvalue weighted by molar-refractivity contribution is 5.72. The Bertz CT molecular complexity index is 623. The maximum Gasteiger partial charge on any atom is 0.309 e. The standard InChI is InChI=1S/C16H16FNO3/c1-20-15(19)9-11-5-2-3-6-12(11)10-21-16-13(17)7-4-8-14(16)18/h2-8H,9-10,18H2,1H3. The first-order chi connectivity index (χ1) is 10.1. The molecule has 2 N–H and O–H groups in total. The second-order valence-corrected chi connectivity index (χ2v) is 4.47. The summed E-state index contributed by atoms with van der Waals surface area (Å²) in [4.78, 5) is 11.4. The Balaban J connectivity index is 2.15. The second kappa shape index (κ2) is 6.74. The molecule has 4 nitrogen and oxygen atoms in total. The molecule has 5 heteroatoms. The predicted molar refractivity (Wildman–Crippen MR) is 77.3 cm³/mol. The Morgan fingerprint density at radius 1 is 1.14 bits per heavy atom. The number of anilines is 1. The first-order valence-corrected chi connectivity index (χ1v) is 6.42. The van der Waals surface area contributed by atoms with Gasteiger partial charge in [-0.25, -0.2) is 4.39 Å². The fourth-order valence-electron chi connectivity index (χ4n) is 1.93. The van der Waals surface area contributed by atoms with Gasteiger partial charge in [-0.3, -0.25) is 4.79 Å². The van der Waals surface area contributed by atoms with E-state index in [4.69, 9.17) is 10.5 Å². The van der Waals surface area contributed by atoms with E-state index in [2.05, 4.69) is 4.74 Å². The fourth-order valence-corrected chi connectivity index (χ4v) is 1.93. The Labute approximate surface area is 122 Å². The van der Waals surface area contributed by atoms with Crippen LogP contribution in [0, 0.1) is 5.82 Å². The molecule has 0 fully saturated rings. The molecule has 0 saturated heterocycles. The zero-order valence-electron chi connectivity index (χ0n) is 11.6. The molecule has 0 aliphatic heterocycles. The minimum Gasteiger partial charge on any atom is -0.484 e. The summed E-state index contributed by atoms with van der Waals surface area (Å²) in [6.45, 7) is 0.123. The zero-order chi connectivity index (χ0) is 15.2. The van der Waals surface area contributed by atoms with Gasteiger partial charge in [-0.2, -0.15) is 0 Å². The molecule has 0 radical (unpaired) electrons. The normalized spacial score (nSPS) is 10.2.